The Bertz CT molecular complexity index is 1510. The van der Waals surface area contributed by atoms with Crippen LogP contribution in [-0.4, -0.2) is 136 Å². The zero-order valence-corrected chi connectivity index (χ0v) is 35.0. The molecule has 6 amide bonds. The van der Waals surface area contributed by atoms with E-state index in [9.17, 15) is 33.6 Å². The van der Waals surface area contributed by atoms with E-state index in [4.69, 9.17) is 27.9 Å². The summed E-state index contributed by atoms with van der Waals surface area (Å²) in [7, 11) is 5.64. The third kappa shape index (κ3) is 11.5. The van der Waals surface area contributed by atoms with Gasteiger partial charge in [0, 0.05) is 41.0 Å². The van der Waals surface area contributed by atoms with Gasteiger partial charge in [0.15, 0.2) is 0 Å². The summed E-state index contributed by atoms with van der Waals surface area (Å²) in [5.74, 6) is -5.98. The van der Waals surface area contributed by atoms with Crippen molar-refractivity contribution < 1.29 is 38.3 Å². The Morgan fingerprint density at radius 2 is 1.28 bits per heavy atom. The van der Waals surface area contributed by atoms with Crippen molar-refractivity contribution in [2.75, 3.05) is 28.2 Å². The van der Waals surface area contributed by atoms with Gasteiger partial charge in [-0.1, -0.05) is 65.0 Å². The lowest BCUT2D eigenvalue weighted by Gasteiger charge is -2.37. The van der Waals surface area contributed by atoms with Crippen LogP contribution in [0.15, 0.2) is 30.3 Å². The van der Waals surface area contributed by atoms with Gasteiger partial charge in [0.1, 0.15) is 47.2 Å². The molecule has 302 valence electrons. The van der Waals surface area contributed by atoms with Crippen molar-refractivity contribution in [3.05, 3.63) is 35.9 Å². The van der Waals surface area contributed by atoms with E-state index >= 15 is 0 Å². The molecule has 2 rings (SSSR count). The minimum atomic E-state index is -1.42. The van der Waals surface area contributed by atoms with Crippen molar-refractivity contribution >= 4 is 64.6 Å². The Morgan fingerprint density at radius 3 is 1.80 bits per heavy atom. The molecule has 14 nitrogen and oxygen atoms in total. The second-order valence-corrected chi connectivity index (χ2v) is 16.1. The summed E-state index contributed by atoms with van der Waals surface area (Å²) < 4.78 is 5.87. The minimum Gasteiger partial charge on any atom is -0.458 e. The molecule has 1 heterocycles. The molecule has 0 spiro atoms. The van der Waals surface area contributed by atoms with E-state index in [1.54, 1.807) is 58.9 Å². The largest absolute Gasteiger partial charge is 0.458 e. The Kier molecular flexibility index (Phi) is 17.2. The molecule has 1 saturated heterocycles. The van der Waals surface area contributed by atoms with Crippen molar-refractivity contribution in [2.45, 2.75) is 115 Å². The summed E-state index contributed by atoms with van der Waals surface area (Å²) in [6.45, 7) is 13.0. The number of rotatable bonds is 8. The molecule has 1 aromatic rings. The summed E-state index contributed by atoms with van der Waals surface area (Å²) in [5.41, 5.74) is 0.740. The van der Waals surface area contributed by atoms with Gasteiger partial charge >= 0.3 is 5.97 Å². The number of esters is 1. The molecular formula is C38H58Cl2N6O8. The molecule has 2 N–H and O–H groups in total. The van der Waals surface area contributed by atoms with E-state index < -0.39 is 106 Å². The van der Waals surface area contributed by atoms with Gasteiger partial charge in [-0.25, -0.2) is 4.79 Å². The highest BCUT2D eigenvalue weighted by molar-refractivity contribution is 6.44. The molecule has 0 saturated carbocycles. The first kappa shape index (κ1) is 46.2. The predicted octanol–water partition coefficient (Wildman–Crippen LogP) is 2.63. The number of carbonyl (C=O) groups excluding carboxylic acids is 7. The van der Waals surface area contributed by atoms with Crippen LogP contribution >= 0.6 is 23.2 Å². The van der Waals surface area contributed by atoms with Gasteiger partial charge in [-0.05, 0) is 44.1 Å². The van der Waals surface area contributed by atoms with E-state index in [1.165, 1.54) is 58.8 Å². The van der Waals surface area contributed by atoms with Crippen molar-refractivity contribution in [2.24, 2.45) is 17.8 Å². The van der Waals surface area contributed by atoms with Crippen LogP contribution in [0.4, 0.5) is 0 Å². The van der Waals surface area contributed by atoms with Crippen molar-refractivity contribution in [3.8, 4) is 0 Å². The molecule has 1 fully saturated rings. The minimum absolute atomic E-state index is 0.0812. The Hall–Kier alpha value is -3.91. The van der Waals surface area contributed by atoms with Crippen molar-refractivity contribution in [3.63, 3.8) is 0 Å². The SMILES string of the molecule is CC(CC(=O)N(C)[C@@H]1C(=O)N(C)[C@@H](C)C(=O)N[C@H](C(C)C)C(=O)N(C)[C@@H](C)C(=O)N(C)[C@H](Cc2ccccc2)C(=O)N[C@@H](C(C)C)C(=O)O[C@@H]1C)C(Cl)Cl. The number of nitrogens with one attached hydrogen (secondary N) is 2. The number of hydrogen-bond donors (Lipinski definition) is 2. The number of hydrogen-bond acceptors (Lipinski definition) is 8. The highest BCUT2D eigenvalue weighted by atomic mass is 35.5. The lowest BCUT2D eigenvalue weighted by molar-refractivity contribution is -0.164. The van der Waals surface area contributed by atoms with Crippen molar-refractivity contribution in [1.29, 1.82) is 0 Å². The van der Waals surface area contributed by atoms with E-state index in [0.717, 1.165) is 15.4 Å². The number of likely N-dealkylation sites (N-methyl/N-ethyl adjacent to an activating group) is 4. The fraction of sp³-hybridized carbons (Fsp3) is 0.658. The number of cyclic esters (lactones) is 1. The van der Waals surface area contributed by atoms with Crippen LogP contribution in [0.2, 0.25) is 0 Å². The lowest BCUT2D eigenvalue weighted by Crippen LogP contribution is -2.60. The Balaban J connectivity index is 2.75. The maximum Gasteiger partial charge on any atom is 0.329 e. The highest BCUT2D eigenvalue weighted by Gasteiger charge is 2.42. The van der Waals surface area contributed by atoms with E-state index in [0.29, 0.717) is 0 Å². The summed E-state index contributed by atoms with van der Waals surface area (Å²) in [4.78, 5) is 101. The van der Waals surface area contributed by atoms with Crippen LogP contribution in [0.25, 0.3) is 0 Å². The first-order chi connectivity index (χ1) is 25.0. The molecule has 8 atom stereocenters. The third-order valence-electron chi connectivity index (χ3n) is 10.2. The number of benzene rings is 1. The Morgan fingerprint density at radius 1 is 0.759 bits per heavy atom. The molecule has 0 aromatic heterocycles. The predicted molar refractivity (Wildman–Crippen MR) is 206 cm³/mol. The van der Waals surface area contributed by atoms with Gasteiger partial charge in [0.2, 0.25) is 35.4 Å². The maximum atomic E-state index is 14.3. The fourth-order valence-corrected chi connectivity index (χ4v) is 6.22. The topological polar surface area (TPSA) is 166 Å². The van der Waals surface area contributed by atoms with Gasteiger partial charge in [0.05, 0.1) is 0 Å². The molecule has 0 aliphatic carbocycles. The van der Waals surface area contributed by atoms with Crippen LogP contribution in [0, 0.1) is 17.8 Å². The van der Waals surface area contributed by atoms with E-state index in [1.807, 2.05) is 6.07 Å². The van der Waals surface area contributed by atoms with Gasteiger partial charge in [-0.15, -0.1) is 23.2 Å². The second kappa shape index (κ2) is 20.1. The van der Waals surface area contributed by atoms with Crippen molar-refractivity contribution in [1.82, 2.24) is 30.2 Å². The molecule has 0 radical (unpaired) electrons. The first-order valence-corrected chi connectivity index (χ1v) is 19.1. The Labute approximate surface area is 329 Å². The number of halogens is 2. The molecule has 1 aliphatic rings. The fourth-order valence-electron chi connectivity index (χ4n) is 6.04. The van der Waals surface area contributed by atoms with Crippen LogP contribution in [0.3, 0.4) is 0 Å². The molecule has 16 heteroatoms. The molecular weight excluding hydrogens is 739 g/mol. The summed E-state index contributed by atoms with van der Waals surface area (Å²) >= 11 is 12.0. The van der Waals surface area contributed by atoms with E-state index in [-0.39, 0.29) is 12.8 Å². The maximum absolute atomic E-state index is 14.3. The number of alkyl halides is 2. The zero-order valence-electron chi connectivity index (χ0n) is 33.5. The normalized spacial score (nSPS) is 26.6. The summed E-state index contributed by atoms with van der Waals surface area (Å²) in [5, 5.41) is 5.51. The first-order valence-electron chi connectivity index (χ1n) is 18.2. The van der Waals surface area contributed by atoms with Crippen LogP contribution < -0.4 is 10.6 Å². The number of amides is 6. The third-order valence-corrected chi connectivity index (χ3v) is 11.0. The van der Waals surface area contributed by atoms with Gasteiger partial charge in [0.25, 0.3) is 0 Å². The van der Waals surface area contributed by atoms with Crippen LogP contribution in [0.5, 0.6) is 0 Å². The smallest absolute Gasteiger partial charge is 0.329 e. The number of ether oxygens (including phenoxy) is 1. The zero-order chi connectivity index (χ0) is 41.4. The van der Waals surface area contributed by atoms with Gasteiger partial charge in [-0.2, -0.15) is 0 Å². The summed E-state index contributed by atoms with van der Waals surface area (Å²) in [6, 6.07) is 1.93. The molecule has 54 heavy (non-hydrogen) atoms. The quantitative estimate of drug-likeness (QED) is 0.300. The number of nitrogens with zero attached hydrogens (tertiary/aromatic N) is 4. The average molecular weight is 798 g/mol. The van der Waals surface area contributed by atoms with Crippen LogP contribution in [0.1, 0.15) is 67.4 Å². The molecule has 0 bridgehead atoms. The number of carbonyl (C=O) groups is 7. The molecule has 1 aromatic carbocycles. The average Bonchev–Trinajstić information content (AvgIpc) is 3.11. The van der Waals surface area contributed by atoms with E-state index in [2.05, 4.69) is 10.6 Å². The second-order valence-electron chi connectivity index (χ2n) is 15.0. The molecule has 1 unspecified atom stereocenters. The standard InChI is InChI=1S/C38H58Cl2N6O8/c1-20(2)29-36(51)44(10)24(7)35(50)45(11)27(19-26-16-14-13-15-17-26)34(49)42-30(21(3)4)38(53)54-25(8)31(37(52)43(9)23(6)33(48)41-29)46(12)28(47)18-22(5)32(39)40/h13-17,20-25,27,29-32H,18-19H2,1-12H3,(H,41,48)(H,42,49)/t22?,23-,24-,25+,27+,29+,30-,31-/m0/s1. The van der Waals surface area contributed by atoms with Crippen LogP contribution in [-0.2, 0) is 44.7 Å². The lowest BCUT2D eigenvalue weighted by atomic mass is 10.00. The monoisotopic (exact) mass is 796 g/mol. The summed E-state index contributed by atoms with van der Waals surface area (Å²) in [6.07, 6.45) is -1.33. The van der Waals surface area contributed by atoms with Gasteiger partial charge in [-0.3, -0.25) is 28.8 Å². The highest BCUT2D eigenvalue weighted by Crippen LogP contribution is 2.22. The van der Waals surface area contributed by atoms with Gasteiger partial charge < -0.3 is 35.0 Å². The molecule has 1 aliphatic heterocycles.